The van der Waals surface area contributed by atoms with Crippen LogP contribution in [0.15, 0.2) is 27.4 Å². The lowest BCUT2D eigenvalue weighted by Gasteiger charge is -1.95. The molecule has 0 fully saturated rings. The number of nitrogens with one attached hydrogen (secondary N) is 1. The van der Waals surface area contributed by atoms with Gasteiger partial charge in [0.25, 0.3) is 0 Å². The zero-order valence-electron chi connectivity index (χ0n) is 6.73. The normalized spacial score (nSPS) is 10.2. The fourth-order valence-corrected chi connectivity index (χ4v) is 0.877. The summed E-state index contributed by atoms with van der Waals surface area (Å²) in [4.78, 5) is 0. The van der Waals surface area contributed by atoms with Crippen molar-refractivity contribution in [2.45, 2.75) is 6.54 Å². The van der Waals surface area contributed by atoms with Gasteiger partial charge in [-0.1, -0.05) is 10.2 Å². The van der Waals surface area contributed by atoms with Crippen molar-refractivity contribution in [1.29, 1.82) is 0 Å². The van der Waals surface area contributed by atoms with Crippen LogP contribution in [0.25, 0.3) is 0 Å². The Kier molecular flexibility index (Phi) is 1.87. The lowest BCUT2D eigenvalue weighted by atomic mass is 10.3. The number of anilines is 2. The van der Waals surface area contributed by atoms with Crippen LogP contribution in [0, 0.1) is 0 Å². The Morgan fingerprint density at radius 2 is 2.38 bits per heavy atom. The van der Waals surface area contributed by atoms with E-state index in [-0.39, 0.29) is 6.01 Å². The lowest BCUT2D eigenvalue weighted by Crippen LogP contribution is -1.97. The monoisotopic (exact) mass is 180 g/mol. The number of nitrogens with two attached hydrogens (primary N) is 1. The summed E-state index contributed by atoms with van der Waals surface area (Å²) in [5.41, 5.74) is 6.23. The Hall–Kier alpha value is -1.98. The van der Waals surface area contributed by atoms with Crippen molar-refractivity contribution < 1.29 is 8.83 Å². The van der Waals surface area contributed by atoms with Gasteiger partial charge in [-0.3, -0.25) is 0 Å². The van der Waals surface area contributed by atoms with Gasteiger partial charge in [-0.15, -0.1) is 0 Å². The number of furan rings is 1. The van der Waals surface area contributed by atoms with Crippen molar-refractivity contribution in [3.63, 3.8) is 0 Å². The van der Waals surface area contributed by atoms with Gasteiger partial charge in [-0.25, -0.2) is 0 Å². The van der Waals surface area contributed by atoms with Crippen LogP contribution in [-0.4, -0.2) is 10.2 Å². The fraction of sp³-hybridized carbons (Fsp3) is 0.143. The molecule has 0 atom stereocenters. The lowest BCUT2D eigenvalue weighted by molar-refractivity contribution is 0.563. The highest BCUT2D eigenvalue weighted by Crippen LogP contribution is 2.08. The van der Waals surface area contributed by atoms with Gasteiger partial charge in [-0.2, -0.15) is 0 Å². The van der Waals surface area contributed by atoms with E-state index in [1.807, 2.05) is 6.07 Å². The minimum atomic E-state index is 0.0506. The van der Waals surface area contributed by atoms with Gasteiger partial charge in [0.1, 0.15) is 0 Å². The summed E-state index contributed by atoms with van der Waals surface area (Å²) >= 11 is 0. The second kappa shape index (κ2) is 3.18. The minimum Gasteiger partial charge on any atom is -0.472 e. The van der Waals surface area contributed by atoms with Gasteiger partial charge in [-0.05, 0) is 6.07 Å². The van der Waals surface area contributed by atoms with E-state index < -0.39 is 0 Å². The maximum absolute atomic E-state index is 5.23. The van der Waals surface area contributed by atoms with E-state index in [0.29, 0.717) is 12.6 Å². The van der Waals surface area contributed by atoms with Gasteiger partial charge in [0.15, 0.2) is 0 Å². The summed E-state index contributed by atoms with van der Waals surface area (Å²) < 4.78 is 9.77. The third kappa shape index (κ3) is 1.78. The van der Waals surface area contributed by atoms with Crippen molar-refractivity contribution in [3.05, 3.63) is 24.2 Å². The van der Waals surface area contributed by atoms with Crippen LogP contribution in [0.3, 0.4) is 0 Å². The predicted octanol–water partition coefficient (Wildman–Crippen LogP) is 0.857. The van der Waals surface area contributed by atoms with Crippen LogP contribution in [0.1, 0.15) is 5.56 Å². The maximum Gasteiger partial charge on any atom is 0.317 e. The van der Waals surface area contributed by atoms with E-state index in [4.69, 9.17) is 14.6 Å². The van der Waals surface area contributed by atoms with Crippen LogP contribution in [0.5, 0.6) is 0 Å². The summed E-state index contributed by atoms with van der Waals surface area (Å²) in [6.45, 7) is 0.568. The number of nitrogen functional groups attached to an aromatic ring is 1. The molecule has 0 aliphatic carbocycles. The topological polar surface area (TPSA) is 90.1 Å². The van der Waals surface area contributed by atoms with Crippen LogP contribution >= 0.6 is 0 Å². The molecule has 0 bridgehead atoms. The number of nitrogens with zero attached hydrogens (tertiary/aromatic N) is 2. The molecule has 2 aromatic heterocycles. The van der Waals surface area contributed by atoms with Gasteiger partial charge in [0, 0.05) is 12.1 Å². The van der Waals surface area contributed by atoms with E-state index in [9.17, 15) is 0 Å². The molecular formula is C7H8N4O2. The molecular weight excluding hydrogens is 172 g/mol. The van der Waals surface area contributed by atoms with Crippen molar-refractivity contribution >= 4 is 12.0 Å². The Morgan fingerprint density at radius 3 is 3.00 bits per heavy atom. The third-order valence-corrected chi connectivity index (χ3v) is 1.46. The smallest absolute Gasteiger partial charge is 0.317 e. The van der Waals surface area contributed by atoms with E-state index in [0.717, 1.165) is 5.56 Å². The molecule has 0 spiro atoms. The molecule has 0 aliphatic rings. The first-order valence-electron chi connectivity index (χ1n) is 3.68. The second-order valence-electron chi connectivity index (χ2n) is 2.43. The molecule has 0 unspecified atom stereocenters. The van der Waals surface area contributed by atoms with Crippen LogP contribution in [-0.2, 0) is 6.54 Å². The Morgan fingerprint density at radius 1 is 1.46 bits per heavy atom. The highest BCUT2D eigenvalue weighted by Gasteiger charge is 2.01. The molecule has 0 aromatic carbocycles. The Balaban J connectivity index is 1.93. The molecule has 0 aliphatic heterocycles. The average Bonchev–Trinajstić information content (AvgIpc) is 2.71. The highest BCUT2D eigenvalue weighted by molar-refractivity contribution is 5.24. The first-order chi connectivity index (χ1) is 6.34. The summed E-state index contributed by atoms with van der Waals surface area (Å²) in [7, 11) is 0. The quantitative estimate of drug-likeness (QED) is 0.727. The Bertz CT molecular complexity index is 368. The molecule has 2 heterocycles. The van der Waals surface area contributed by atoms with Gasteiger partial charge in [0.2, 0.25) is 0 Å². The van der Waals surface area contributed by atoms with Gasteiger partial charge >= 0.3 is 12.0 Å². The molecule has 0 saturated heterocycles. The fourth-order valence-electron chi connectivity index (χ4n) is 0.877. The molecule has 6 nitrogen and oxygen atoms in total. The third-order valence-electron chi connectivity index (χ3n) is 1.46. The van der Waals surface area contributed by atoms with Crippen LogP contribution < -0.4 is 11.1 Å². The summed E-state index contributed by atoms with van der Waals surface area (Å²) in [5.74, 6) is 0. The van der Waals surface area contributed by atoms with E-state index >= 15 is 0 Å². The van der Waals surface area contributed by atoms with Gasteiger partial charge < -0.3 is 19.9 Å². The molecule has 0 saturated carbocycles. The molecule has 0 radical (unpaired) electrons. The molecule has 0 amide bonds. The number of hydrogen-bond donors (Lipinski definition) is 2. The average molecular weight is 180 g/mol. The maximum atomic E-state index is 5.23. The standard InChI is InChI=1S/C7H8N4O2/c8-6-10-11-7(13-6)9-3-5-1-2-12-4-5/h1-2,4H,3H2,(H2,8,10)(H,9,11). The van der Waals surface area contributed by atoms with E-state index in [1.54, 1.807) is 12.5 Å². The van der Waals surface area contributed by atoms with E-state index in [1.165, 1.54) is 0 Å². The van der Waals surface area contributed by atoms with Crippen LogP contribution in [0.4, 0.5) is 12.0 Å². The first kappa shape index (κ1) is 7.66. The molecule has 6 heteroatoms. The van der Waals surface area contributed by atoms with Crippen LogP contribution in [0.2, 0.25) is 0 Å². The van der Waals surface area contributed by atoms with Crippen molar-refractivity contribution in [2.24, 2.45) is 0 Å². The van der Waals surface area contributed by atoms with Gasteiger partial charge in [0.05, 0.1) is 12.5 Å². The van der Waals surface area contributed by atoms with Crippen molar-refractivity contribution in [3.8, 4) is 0 Å². The number of hydrogen-bond acceptors (Lipinski definition) is 6. The summed E-state index contributed by atoms with van der Waals surface area (Å²) in [6, 6.07) is 2.19. The number of aromatic nitrogens is 2. The van der Waals surface area contributed by atoms with Crippen molar-refractivity contribution in [2.75, 3.05) is 11.1 Å². The molecule has 13 heavy (non-hydrogen) atoms. The predicted molar refractivity (Wildman–Crippen MR) is 44.7 cm³/mol. The highest BCUT2D eigenvalue weighted by atomic mass is 16.4. The SMILES string of the molecule is Nc1nnc(NCc2ccoc2)o1. The largest absolute Gasteiger partial charge is 0.472 e. The summed E-state index contributed by atoms with van der Waals surface area (Å²) in [6.07, 6.45) is 3.23. The molecule has 2 rings (SSSR count). The van der Waals surface area contributed by atoms with E-state index in [2.05, 4.69) is 15.5 Å². The molecule has 3 N–H and O–H groups in total. The summed E-state index contributed by atoms with van der Waals surface area (Å²) in [5, 5.41) is 10.0. The second-order valence-corrected chi connectivity index (χ2v) is 2.43. The zero-order chi connectivity index (χ0) is 9.10. The first-order valence-corrected chi connectivity index (χ1v) is 3.68. The minimum absolute atomic E-state index is 0.0506. The molecule has 2 aromatic rings. The van der Waals surface area contributed by atoms with Crippen molar-refractivity contribution in [1.82, 2.24) is 10.2 Å². The molecule has 68 valence electrons. The zero-order valence-corrected chi connectivity index (χ0v) is 6.73. The number of rotatable bonds is 3. The Labute approximate surface area is 73.7 Å².